The lowest BCUT2D eigenvalue weighted by atomic mass is 9.81. The number of hydrogen-bond donors (Lipinski definition) is 1. The number of carboxylic acids is 1. The van der Waals surface area contributed by atoms with Crippen molar-refractivity contribution in [2.24, 2.45) is 5.41 Å². The molecular weight excluding hydrogens is 274 g/mol. The minimum absolute atomic E-state index is 0.270. The molecule has 1 fully saturated rings. The Hall–Kier alpha value is -1.06. The minimum Gasteiger partial charge on any atom is -0.481 e. The fourth-order valence-corrected chi connectivity index (χ4v) is 3.23. The zero-order valence-corrected chi connectivity index (χ0v) is 12.9. The van der Waals surface area contributed by atoms with Crippen LogP contribution in [0, 0.1) is 5.41 Å². The Kier molecular flexibility index (Phi) is 4.71. The second kappa shape index (κ2) is 6.15. The van der Waals surface area contributed by atoms with E-state index < -0.39 is 11.4 Å². The molecule has 1 aliphatic heterocycles. The van der Waals surface area contributed by atoms with Crippen LogP contribution < -0.4 is 0 Å². The van der Waals surface area contributed by atoms with Crippen molar-refractivity contribution in [2.45, 2.75) is 39.2 Å². The second-order valence-electron chi connectivity index (χ2n) is 5.92. The number of hydrogen-bond acceptors (Lipinski definition) is 2. The molecule has 0 spiro atoms. The molecule has 1 heterocycles. The summed E-state index contributed by atoms with van der Waals surface area (Å²) in [7, 11) is 0. The van der Waals surface area contributed by atoms with Crippen molar-refractivity contribution in [1.82, 2.24) is 4.90 Å². The number of piperidine rings is 1. The lowest BCUT2D eigenvalue weighted by molar-refractivity contribution is -0.151. The standard InChI is InChI=1S/C16H22ClNO2/c1-3-14(12-5-7-13(17)8-6-12)18-10-4-9-16(2,11-18)15(19)20/h5-8,14H,3-4,9-11H2,1-2H3,(H,19,20). The molecule has 2 unspecified atom stereocenters. The molecule has 1 N–H and O–H groups in total. The van der Waals surface area contributed by atoms with Crippen molar-refractivity contribution < 1.29 is 9.90 Å². The molecule has 0 saturated carbocycles. The lowest BCUT2D eigenvalue weighted by Crippen LogP contribution is -2.47. The van der Waals surface area contributed by atoms with Gasteiger partial charge in [-0.15, -0.1) is 0 Å². The predicted octanol–water partition coefficient (Wildman–Crippen LogP) is 3.98. The van der Waals surface area contributed by atoms with Crippen LogP contribution >= 0.6 is 11.6 Å². The van der Waals surface area contributed by atoms with Gasteiger partial charge in [0.15, 0.2) is 0 Å². The number of nitrogens with zero attached hydrogens (tertiary/aromatic N) is 1. The highest BCUT2D eigenvalue weighted by molar-refractivity contribution is 6.30. The van der Waals surface area contributed by atoms with Gasteiger partial charge in [-0.3, -0.25) is 9.69 Å². The van der Waals surface area contributed by atoms with Crippen LogP contribution in [0.4, 0.5) is 0 Å². The highest BCUT2D eigenvalue weighted by atomic mass is 35.5. The van der Waals surface area contributed by atoms with Crippen LogP contribution in [-0.2, 0) is 4.79 Å². The first kappa shape index (κ1) is 15.3. The third-order valence-corrected chi connectivity index (χ3v) is 4.58. The van der Waals surface area contributed by atoms with E-state index in [1.807, 2.05) is 31.2 Å². The van der Waals surface area contributed by atoms with Crippen LogP contribution in [0.3, 0.4) is 0 Å². The zero-order chi connectivity index (χ0) is 14.8. The predicted molar refractivity (Wildman–Crippen MR) is 81.0 cm³/mol. The van der Waals surface area contributed by atoms with Gasteiger partial charge in [0.25, 0.3) is 0 Å². The average molecular weight is 296 g/mol. The number of benzene rings is 1. The molecule has 1 aromatic carbocycles. The molecule has 1 saturated heterocycles. The number of halogens is 1. The Morgan fingerprint density at radius 2 is 2.10 bits per heavy atom. The molecule has 2 rings (SSSR count). The smallest absolute Gasteiger partial charge is 0.310 e. The molecule has 0 amide bonds. The molecule has 0 radical (unpaired) electrons. The number of rotatable bonds is 4. The van der Waals surface area contributed by atoms with Crippen molar-refractivity contribution >= 4 is 17.6 Å². The second-order valence-corrected chi connectivity index (χ2v) is 6.35. The summed E-state index contributed by atoms with van der Waals surface area (Å²) in [5.41, 5.74) is 0.587. The summed E-state index contributed by atoms with van der Waals surface area (Å²) in [6, 6.07) is 8.16. The molecular formula is C16H22ClNO2. The maximum atomic E-state index is 11.5. The molecule has 20 heavy (non-hydrogen) atoms. The first-order chi connectivity index (χ1) is 9.46. The highest BCUT2D eigenvalue weighted by Crippen LogP contribution is 2.35. The largest absolute Gasteiger partial charge is 0.481 e. The Bertz CT molecular complexity index is 474. The SMILES string of the molecule is CCC(c1ccc(Cl)cc1)N1CCCC(C)(C(=O)O)C1. The molecule has 1 aromatic rings. The molecule has 3 nitrogen and oxygen atoms in total. The molecule has 1 aliphatic rings. The average Bonchev–Trinajstić information content (AvgIpc) is 2.42. The third kappa shape index (κ3) is 3.15. The quantitative estimate of drug-likeness (QED) is 0.913. The van der Waals surface area contributed by atoms with E-state index in [-0.39, 0.29) is 6.04 Å². The fourth-order valence-electron chi connectivity index (χ4n) is 3.11. The fraction of sp³-hybridized carbons (Fsp3) is 0.562. The Morgan fingerprint density at radius 3 is 2.65 bits per heavy atom. The van der Waals surface area contributed by atoms with Crippen LogP contribution in [0.2, 0.25) is 5.02 Å². The summed E-state index contributed by atoms with van der Waals surface area (Å²) < 4.78 is 0. The molecule has 110 valence electrons. The minimum atomic E-state index is -0.687. The summed E-state index contributed by atoms with van der Waals surface area (Å²) >= 11 is 5.94. The molecule has 0 aliphatic carbocycles. The maximum absolute atomic E-state index is 11.5. The Morgan fingerprint density at radius 1 is 1.45 bits per heavy atom. The van der Waals surface area contributed by atoms with Crippen LogP contribution in [0.15, 0.2) is 24.3 Å². The number of aliphatic carboxylic acids is 1. The topological polar surface area (TPSA) is 40.5 Å². The van der Waals surface area contributed by atoms with Gasteiger partial charge in [-0.2, -0.15) is 0 Å². The zero-order valence-electron chi connectivity index (χ0n) is 12.1. The van der Waals surface area contributed by atoms with E-state index in [0.29, 0.717) is 6.54 Å². The van der Waals surface area contributed by atoms with Gasteiger partial charge in [-0.05, 0) is 50.4 Å². The van der Waals surface area contributed by atoms with Gasteiger partial charge in [0.2, 0.25) is 0 Å². The maximum Gasteiger partial charge on any atom is 0.310 e. The van der Waals surface area contributed by atoms with Gasteiger partial charge in [0.1, 0.15) is 0 Å². The van der Waals surface area contributed by atoms with Gasteiger partial charge in [-0.25, -0.2) is 0 Å². The monoisotopic (exact) mass is 295 g/mol. The van der Waals surface area contributed by atoms with E-state index in [9.17, 15) is 9.90 Å². The van der Waals surface area contributed by atoms with Crippen molar-refractivity contribution in [1.29, 1.82) is 0 Å². The number of carbonyl (C=O) groups is 1. The van der Waals surface area contributed by atoms with Crippen molar-refractivity contribution in [3.63, 3.8) is 0 Å². The summed E-state index contributed by atoms with van der Waals surface area (Å²) in [6.07, 6.45) is 2.67. The number of carboxylic acid groups (broad SMARTS) is 1. The summed E-state index contributed by atoms with van der Waals surface area (Å²) in [5, 5.41) is 10.2. The normalized spacial score (nSPS) is 25.4. The van der Waals surface area contributed by atoms with Crippen LogP contribution in [0.1, 0.15) is 44.7 Å². The van der Waals surface area contributed by atoms with Crippen molar-refractivity contribution in [2.75, 3.05) is 13.1 Å². The molecule has 2 atom stereocenters. The van der Waals surface area contributed by atoms with E-state index in [1.54, 1.807) is 0 Å². The Labute approximate surface area is 125 Å². The molecule has 0 bridgehead atoms. The number of likely N-dealkylation sites (tertiary alicyclic amines) is 1. The van der Waals surface area contributed by atoms with E-state index in [4.69, 9.17) is 11.6 Å². The van der Waals surface area contributed by atoms with E-state index in [1.165, 1.54) is 5.56 Å². The van der Waals surface area contributed by atoms with E-state index >= 15 is 0 Å². The van der Waals surface area contributed by atoms with Crippen LogP contribution in [-0.4, -0.2) is 29.1 Å². The van der Waals surface area contributed by atoms with E-state index in [2.05, 4.69) is 11.8 Å². The first-order valence-electron chi connectivity index (χ1n) is 7.19. The van der Waals surface area contributed by atoms with Crippen LogP contribution in [0.25, 0.3) is 0 Å². The summed E-state index contributed by atoms with van der Waals surface area (Å²) in [6.45, 7) is 5.58. The lowest BCUT2D eigenvalue weighted by Gasteiger charge is -2.41. The Balaban J connectivity index is 2.19. The van der Waals surface area contributed by atoms with Gasteiger partial charge in [-0.1, -0.05) is 30.7 Å². The summed E-state index contributed by atoms with van der Waals surface area (Å²) in [4.78, 5) is 13.8. The van der Waals surface area contributed by atoms with Gasteiger partial charge in [0.05, 0.1) is 5.41 Å². The highest BCUT2D eigenvalue weighted by Gasteiger charge is 2.39. The molecule has 4 heteroatoms. The van der Waals surface area contributed by atoms with Gasteiger partial charge >= 0.3 is 5.97 Å². The van der Waals surface area contributed by atoms with Gasteiger partial charge in [0, 0.05) is 17.6 Å². The van der Waals surface area contributed by atoms with Crippen molar-refractivity contribution in [3.8, 4) is 0 Å². The first-order valence-corrected chi connectivity index (χ1v) is 7.57. The van der Waals surface area contributed by atoms with E-state index in [0.717, 1.165) is 30.8 Å². The van der Waals surface area contributed by atoms with Gasteiger partial charge < -0.3 is 5.11 Å². The van der Waals surface area contributed by atoms with Crippen LogP contribution in [0.5, 0.6) is 0 Å². The van der Waals surface area contributed by atoms with Crippen molar-refractivity contribution in [3.05, 3.63) is 34.9 Å². The summed E-state index contributed by atoms with van der Waals surface area (Å²) in [5.74, 6) is -0.687. The molecule has 0 aromatic heterocycles. The third-order valence-electron chi connectivity index (χ3n) is 4.32.